The number of unbranched alkanes of at least 4 members (excludes halogenated alkanes) is 11. The van der Waals surface area contributed by atoms with E-state index in [-0.39, 0.29) is 12.4 Å². The van der Waals surface area contributed by atoms with Gasteiger partial charge in [0.25, 0.3) is 0 Å². The second-order valence-corrected chi connectivity index (χ2v) is 9.96. The number of carbonyl (C=O) groups excluding carboxylic acids is 1. The Kier molecular flexibility index (Phi) is 16.8. The van der Waals surface area contributed by atoms with Crippen LogP contribution in [0.3, 0.4) is 0 Å². The Morgan fingerprint density at radius 1 is 1.11 bits per heavy atom. The lowest BCUT2D eigenvalue weighted by atomic mass is 9.88. The van der Waals surface area contributed by atoms with Crippen LogP contribution >= 0.6 is 12.2 Å². The Morgan fingerprint density at radius 2 is 1.66 bits per heavy atom. The lowest BCUT2D eigenvalue weighted by Crippen LogP contribution is -2.58. The summed E-state index contributed by atoms with van der Waals surface area (Å²) in [5.41, 5.74) is 0. The fraction of sp³-hybridized carbons (Fsp3) is 0.808. The fourth-order valence-corrected chi connectivity index (χ4v) is 4.36. The summed E-state index contributed by atoms with van der Waals surface area (Å²) in [7, 11) is 0. The van der Waals surface area contributed by atoms with Gasteiger partial charge in [-0.05, 0) is 19.4 Å². The molecule has 0 bridgehead atoms. The molecule has 0 amide bonds. The van der Waals surface area contributed by atoms with Gasteiger partial charge in [-0.2, -0.15) is 0 Å². The van der Waals surface area contributed by atoms with Crippen LogP contribution in [-0.4, -0.2) is 70.1 Å². The predicted octanol–water partition coefficient (Wildman–Crippen LogP) is 3.80. The standard InChI is InChI=1S/C26H46N2O6S/c1-3-4-5-6-7-8-9-10-11-12-13-14-15-33-26(32)22-16-20(17-27)23(28-19(2)35)25(34-22)24(31)21(30)18-29/h16-17,20-21,23-25,27,29-31H,3-15,18H2,1-2H3,(H,28,35). The number of thiocarbonyl (C=S) groups is 1. The van der Waals surface area contributed by atoms with E-state index in [1.165, 1.54) is 63.9 Å². The highest BCUT2D eigenvalue weighted by Gasteiger charge is 2.42. The summed E-state index contributed by atoms with van der Waals surface area (Å²) >= 11 is 5.09. The molecule has 0 radical (unpaired) electrons. The van der Waals surface area contributed by atoms with Crippen molar-refractivity contribution in [3.05, 3.63) is 11.8 Å². The van der Waals surface area contributed by atoms with Crippen LogP contribution < -0.4 is 5.32 Å². The number of ether oxygens (including phenoxy) is 2. The van der Waals surface area contributed by atoms with Gasteiger partial charge in [0.1, 0.15) is 18.3 Å². The molecule has 8 nitrogen and oxygen atoms in total. The number of esters is 1. The number of hydrogen-bond acceptors (Lipinski definition) is 8. The zero-order valence-corrected chi connectivity index (χ0v) is 22.2. The van der Waals surface area contributed by atoms with Crippen molar-refractivity contribution < 1.29 is 29.6 Å². The Hall–Kier alpha value is -1.55. The van der Waals surface area contributed by atoms with Gasteiger partial charge in [0.2, 0.25) is 5.76 Å². The largest absolute Gasteiger partial charge is 0.478 e. The van der Waals surface area contributed by atoms with Gasteiger partial charge < -0.3 is 35.5 Å². The smallest absolute Gasteiger partial charge is 0.373 e. The molecular weight excluding hydrogens is 468 g/mol. The van der Waals surface area contributed by atoms with E-state index in [0.717, 1.165) is 25.5 Å². The van der Waals surface area contributed by atoms with Crippen LogP contribution in [-0.2, 0) is 14.3 Å². The predicted molar refractivity (Wildman–Crippen MR) is 142 cm³/mol. The van der Waals surface area contributed by atoms with Gasteiger partial charge in [-0.15, -0.1) is 0 Å². The van der Waals surface area contributed by atoms with Gasteiger partial charge in [-0.1, -0.05) is 89.8 Å². The number of aliphatic hydroxyl groups is 3. The van der Waals surface area contributed by atoms with E-state index >= 15 is 0 Å². The number of aliphatic hydroxyl groups excluding tert-OH is 3. The number of rotatable bonds is 19. The van der Waals surface area contributed by atoms with Gasteiger partial charge in [-0.3, -0.25) is 0 Å². The molecule has 1 rings (SSSR count). The molecule has 0 aromatic carbocycles. The molecule has 35 heavy (non-hydrogen) atoms. The van der Waals surface area contributed by atoms with E-state index in [2.05, 4.69) is 12.2 Å². The molecule has 0 aromatic heterocycles. The lowest BCUT2D eigenvalue weighted by Gasteiger charge is -2.39. The van der Waals surface area contributed by atoms with Crippen molar-refractivity contribution in [2.45, 2.75) is 115 Å². The second kappa shape index (κ2) is 18.7. The summed E-state index contributed by atoms with van der Waals surface area (Å²) in [5, 5.41) is 40.3. The van der Waals surface area contributed by atoms with Crippen LogP contribution in [0, 0.1) is 11.3 Å². The van der Waals surface area contributed by atoms with Gasteiger partial charge in [0, 0.05) is 12.1 Å². The molecule has 9 heteroatoms. The molecular formula is C26H46N2O6S. The molecule has 0 saturated carbocycles. The molecule has 1 heterocycles. The maximum absolute atomic E-state index is 12.6. The van der Waals surface area contributed by atoms with Gasteiger partial charge in [-0.25, -0.2) is 4.79 Å². The molecule has 5 unspecified atom stereocenters. The highest BCUT2D eigenvalue weighted by atomic mass is 32.1. The Labute approximate surface area is 216 Å². The highest BCUT2D eigenvalue weighted by Crippen LogP contribution is 2.26. The Morgan fingerprint density at radius 3 is 2.14 bits per heavy atom. The van der Waals surface area contributed by atoms with E-state index < -0.39 is 42.8 Å². The van der Waals surface area contributed by atoms with Gasteiger partial charge in [0.05, 0.1) is 24.2 Å². The van der Waals surface area contributed by atoms with E-state index in [4.69, 9.17) is 27.1 Å². The molecule has 202 valence electrons. The monoisotopic (exact) mass is 514 g/mol. The first-order chi connectivity index (χ1) is 16.8. The van der Waals surface area contributed by atoms with Crippen LogP contribution in [0.25, 0.3) is 0 Å². The minimum atomic E-state index is -1.50. The third-order valence-electron chi connectivity index (χ3n) is 6.29. The van der Waals surface area contributed by atoms with Crippen molar-refractivity contribution in [2.24, 2.45) is 5.92 Å². The molecule has 0 fully saturated rings. The van der Waals surface area contributed by atoms with Gasteiger partial charge >= 0.3 is 5.97 Å². The third-order valence-corrected chi connectivity index (χ3v) is 6.41. The maximum Gasteiger partial charge on any atom is 0.373 e. The summed E-state index contributed by atoms with van der Waals surface area (Å²) in [4.78, 5) is 13.0. The van der Waals surface area contributed by atoms with Crippen LogP contribution in [0.1, 0.15) is 90.9 Å². The summed E-state index contributed by atoms with van der Waals surface area (Å²) in [6, 6.07) is -0.686. The molecule has 0 spiro atoms. The van der Waals surface area contributed by atoms with Crippen LogP contribution in [0.2, 0.25) is 0 Å². The number of carbonyl (C=O) groups is 1. The van der Waals surface area contributed by atoms with Crippen LogP contribution in [0.15, 0.2) is 11.8 Å². The minimum absolute atomic E-state index is 0.119. The Bertz CT molecular complexity index is 660. The van der Waals surface area contributed by atoms with Crippen molar-refractivity contribution in [1.29, 1.82) is 5.41 Å². The first-order valence-electron chi connectivity index (χ1n) is 13.2. The van der Waals surface area contributed by atoms with E-state index in [1.54, 1.807) is 6.92 Å². The highest BCUT2D eigenvalue weighted by molar-refractivity contribution is 7.80. The quantitative estimate of drug-likeness (QED) is 0.0761. The molecule has 1 aliphatic rings. The minimum Gasteiger partial charge on any atom is -0.478 e. The van der Waals surface area contributed by atoms with Crippen molar-refractivity contribution in [3.63, 3.8) is 0 Å². The van der Waals surface area contributed by atoms with Crippen LogP contribution in [0.4, 0.5) is 0 Å². The topological polar surface area (TPSA) is 132 Å². The zero-order chi connectivity index (χ0) is 26.1. The van der Waals surface area contributed by atoms with E-state index in [0.29, 0.717) is 4.99 Å². The molecule has 1 aliphatic heterocycles. The third kappa shape index (κ3) is 12.3. The fourth-order valence-electron chi connectivity index (χ4n) is 4.23. The summed E-state index contributed by atoms with van der Waals surface area (Å²) in [6.07, 6.45) is 13.1. The molecule has 5 N–H and O–H groups in total. The first-order valence-corrected chi connectivity index (χ1v) is 13.6. The van der Waals surface area contributed by atoms with E-state index in [9.17, 15) is 20.1 Å². The van der Waals surface area contributed by atoms with Crippen molar-refractivity contribution in [3.8, 4) is 0 Å². The van der Waals surface area contributed by atoms with Crippen molar-refractivity contribution in [1.82, 2.24) is 5.32 Å². The molecule has 5 atom stereocenters. The Balaban J connectivity index is 2.42. The molecule has 0 aliphatic carbocycles. The van der Waals surface area contributed by atoms with Crippen molar-refractivity contribution in [2.75, 3.05) is 13.2 Å². The number of hydrogen-bond donors (Lipinski definition) is 5. The second-order valence-electron chi connectivity index (χ2n) is 9.35. The first kappa shape index (κ1) is 31.5. The maximum atomic E-state index is 12.6. The molecule has 0 saturated heterocycles. The number of nitrogens with one attached hydrogen (secondary N) is 2. The normalized spacial score (nSPS) is 21.4. The van der Waals surface area contributed by atoms with Crippen molar-refractivity contribution >= 4 is 29.4 Å². The molecule has 0 aromatic rings. The average Bonchev–Trinajstić information content (AvgIpc) is 2.85. The SMILES string of the molecule is CCCCCCCCCCCCCCOC(=O)C1=CC(C=N)C(NC(C)=S)C(C(O)C(O)CO)O1. The summed E-state index contributed by atoms with van der Waals surface area (Å²) in [6.45, 7) is 3.46. The summed E-state index contributed by atoms with van der Waals surface area (Å²) in [5.74, 6) is -1.42. The lowest BCUT2D eigenvalue weighted by molar-refractivity contribution is -0.151. The average molecular weight is 515 g/mol. The zero-order valence-electron chi connectivity index (χ0n) is 21.4. The summed E-state index contributed by atoms with van der Waals surface area (Å²) < 4.78 is 11.0. The van der Waals surface area contributed by atoms with Crippen LogP contribution in [0.5, 0.6) is 0 Å². The van der Waals surface area contributed by atoms with Gasteiger partial charge in [0.15, 0.2) is 0 Å². The van der Waals surface area contributed by atoms with E-state index in [1.807, 2.05) is 0 Å².